The van der Waals surface area contributed by atoms with E-state index < -0.39 is 5.82 Å². The molecule has 0 atom stereocenters. The number of thioether (sulfide) groups is 1. The van der Waals surface area contributed by atoms with Crippen molar-refractivity contribution in [3.63, 3.8) is 0 Å². The average Bonchev–Trinajstić information content (AvgIpc) is 2.37. The Labute approximate surface area is 116 Å². The predicted octanol–water partition coefficient (Wildman–Crippen LogP) is 2.13. The number of hydrogen-bond acceptors (Lipinski definition) is 4. The fraction of sp³-hybridized carbons (Fsp3) is 0.462. The van der Waals surface area contributed by atoms with Gasteiger partial charge in [0.15, 0.2) is 0 Å². The maximum absolute atomic E-state index is 13.5. The third-order valence-electron chi connectivity index (χ3n) is 3.67. The molecule has 1 aromatic rings. The van der Waals surface area contributed by atoms with Gasteiger partial charge in [0.05, 0.1) is 11.3 Å². The topological polar surface area (TPSA) is 67.2 Å². The highest BCUT2D eigenvalue weighted by atomic mass is 32.2. The van der Waals surface area contributed by atoms with E-state index in [1.54, 1.807) is 17.8 Å². The van der Waals surface area contributed by atoms with Crippen molar-refractivity contribution in [2.24, 2.45) is 5.84 Å². The van der Waals surface area contributed by atoms with Gasteiger partial charge in [0.25, 0.3) is 5.91 Å². The van der Waals surface area contributed by atoms with E-state index in [2.05, 4.69) is 17.0 Å². The van der Waals surface area contributed by atoms with E-state index >= 15 is 0 Å². The van der Waals surface area contributed by atoms with Crippen molar-refractivity contribution in [3.8, 4) is 0 Å². The molecule has 0 bridgehead atoms. The Hall–Kier alpha value is -1.27. The first kappa shape index (κ1) is 14.1. The minimum atomic E-state index is -0.529. The van der Waals surface area contributed by atoms with Crippen molar-refractivity contribution in [3.05, 3.63) is 29.6 Å². The summed E-state index contributed by atoms with van der Waals surface area (Å²) in [6.45, 7) is 0.605. The molecule has 0 saturated heterocycles. The van der Waals surface area contributed by atoms with Gasteiger partial charge in [-0.15, -0.1) is 0 Å². The predicted molar refractivity (Wildman–Crippen MR) is 76.6 cm³/mol. The molecule has 2 rings (SSSR count). The van der Waals surface area contributed by atoms with Gasteiger partial charge in [-0.3, -0.25) is 10.6 Å². The lowest BCUT2D eigenvalue weighted by molar-refractivity contribution is 0.0944. The summed E-state index contributed by atoms with van der Waals surface area (Å²) in [5.41, 5.74) is 2.51. The van der Waals surface area contributed by atoms with Crippen LogP contribution in [0, 0.1) is 5.82 Å². The summed E-state index contributed by atoms with van der Waals surface area (Å²) in [6, 6.07) is 4.32. The van der Waals surface area contributed by atoms with Crippen molar-refractivity contribution in [1.82, 2.24) is 5.32 Å². The number of amides is 1. The second-order valence-electron chi connectivity index (χ2n) is 4.73. The number of benzene rings is 1. The van der Waals surface area contributed by atoms with Crippen LogP contribution in [0.3, 0.4) is 0 Å². The Morgan fingerprint density at radius 3 is 2.79 bits per heavy atom. The molecule has 0 spiro atoms. The maximum atomic E-state index is 13.5. The third kappa shape index (κ3) is 2.84. The van der Waals surface area contributed by atoms with Crippen LogP contribution in [0.1, 0.15) is 29.6 Å². The lowest BCUT2D eigenvalue weighted by atomic mass is 9.84. The number of hydrogen-bond donors (Lipinski definition) is 3. The zero-order valence-electron chi connectivity index (χ0n) is 10.8. The van der Waals surface area contributed by atoms with Crippen molar-refractivity contribution in [2.75, 3.05) is 18.2 Å². The summed E-state index contributed by atoms with van der Waals surface area (Å²) in [4.78, 5) is 12.1. The van der Waals surface area contributed by atoms with Gasteiger partial charge in [-0.1, -0.05) is 12.5 Å². The van der Waals surface area contributed by atoms with E-state index in [4.69, 9.17) is 5.84 Å². The molecular formula is C13H18FN3OS. The molecule has 19 heavy (non-hydrogen) atoms. The van der Waals surface area contributed by atoms with Crippen LogP contribution >= 0.6 is 11.8 Å². The van der Waals surface area contributed by atoms with Crippen LogP contribution < -0.4 is 16.6 Å². The normalized spacial score (nSPS) is 16.6. The second kappa shape index (κ2) is 5.79. The van der Waals surface area contributed by atoms with Gasteiger partial charge < -0.3 is 10.7 Å². The lowest BCUT2D eigenvalue weighted by Crippen LogP contribution is -2.45. The summed E-state index contributed by atoms with van der Waals surface area (Å²) in [5.74, 6) is 4.43. The molecule has 4 nitrogen and oxygen atoms in total. The summed E-state index contributed by atoms with van der Waals surface area (Å²) < 4.78 is 13.7. The molecule has 0 aliphatic heterocycles. The molecule has 1 aliphatic rings. The van der Waals surface area contributed by atoms with Gasteiger partial charge in [0, 0.05) is 11.3 Å². The fourth-order valence-corrected chi connectivity index (χ4v) is 3.13. The molecule has 1 fully saturated rings. The molecule has 1 saturated carbocycles. The average molecular weight is 283 g/mol. The van der Waals surface area contributed by atoms with Gasteiger partial charge in [0.1, 0.15) is 5.82 Å². The molecule has 0 aromatic heterocycles. The van der Waals surface area contributed by atoms with Gasteiger partial charge in [-0.2, -0.15) is 11.8 Å². The van der Waals surface area contributed by atoms with Crippen LogP contribution in [0.2, 0.25) is 0 Å². The van der Waals surface area contributed by atoms with E-state index in [-0.39, 0.29) is 21.9 Å². The smallest absolute Gasteiger partial charge is 0.253 e. The highest BCUT2D eigenvalue weighted by molar-refractivity contribution is 8.00. The minimum Gasteiger partial charge on any atom is -0.351 e. The summed E-state index contributed by atoms with van der Waals surface area (Å²) in [7, 11) is 0. The third-order valence-corrected chi connectivity index (χ3v) is 5.09. The Morgan fingerprint density at radius 1 is 1.53 bits per heavy atom. The number of anilines is 1. The number of nitrogens with two attached hydrogens (primary N) is 1. The Morgan fingerprint density at radius 2 is 2.26 bits per heavy atom. The fourth-order valence-electron chi connectivity index (χ4n) is 2.22. The van der Waals surface area contributed by atoms with Gasteiger partial charge in [-0.25, -0.2) is 4.39 Å². The van der Waals surface area contributed by atoms with Crippen LogP contribution in [-0.4, -0.2) is 23.5 Å². The Balaban J connectivity index is 2.06. The van der Waals surface area contributed by atoms with Crippen molar-refractivity contribution in [2.45, 2.75) is 24.0 Å². The zero-order valence-corrected chi connectivity index (χ0v) is 11.6. The van der Waals surface area contributed by atoms with Crippen molar-refractivity contribution in [1.29, 1.82) is 0 Å². The van der Waals surface area contributed by atoms with E-state index in [1.165, 1.54) is 18.6 Å². The Bertz CT molecular complexity index is 471. The maximum Gasteiger partial charge on any atom is 0.253 e. The van der Waals surface area contributed by atoms with Crippen molar-refractivity contribution < 1.29 is 9.18 Å². The van der Waals surface area contributed by atoms with Crippen LogP contribution in [0.15, 0.2) is 18.2 Å². The SMILES string of the molecule is CSC1(CNC(=O)c2cccc(F)c2NN)CCC1. The van der Waals surface area contributed by atoms with E-state index in [1.807, 2.05) is 0 Å². The second-order valence-corrected chi connectivity index (χ2v) is 6.00. The molecule has 1 aromatic carbocycles. The molecule has 0 radical (unpaired) electrons. The Kier molecular flexibility index (Phi) is 4.31. The quantitative estimate of drug-likeness (QED) is 0.572. The summed E-state index contributed by atoms with van der Waals surface area (Å²) in [6.07, 6.45) is 5.48. The first-order chi connectivity index (χ1) is 9.12. The number of nitrogen functional groups attached to an aromatic ring is 1. The highest BCUT2D eigenvalue weighted by Gasteiger charge is 2.36. The minimum absolute atomic E-state index is 0.0341. The van der Waals surface area contributed by atoms with E-state index in [9.17, 15) is 9.18 Å². The van der Waals surface area contributed by atoms with Crippen LogP contribution in [-0.2, 0) is 0 Å². The standard InChI is InChI=1S/C13H18FN3OS/c1-19-13(6-3-7-13)8-16-12(18)9-4-2-5-10(14)11(9)17-15/h2,4-5,17H,3,6-8,15H2,1H3,(H,16,18). The van der Waals surface area contributed by atoms with E-state index in [0.717, 1.165) is 12.8 Å². The van der Waals surface area contributed by atoms with E-state index in [0.29, 0.717) is 6.54 Å². The van der Waals surface area contributed by atoms with Gasteiger partial charge in [0.2, 0.25) is 0 Å². The van der Waals surface area contributed by atoms with Crippen LogP contribution in [0.5, 0.6) is 0 Å². The van der Waals surface area contributed by atoms with Crippen LogP contribution in [0.4, 0.5) is 10.1 Å². The molecule has 0 unspecified atom stereocenters. The first-order valence-electron chi connectivity index (χ1n) is 6.20. The lowest BCUT2D eigenvalue weighted by Gasteiger charge is -2.40. The molecule has 1 aliphatic carbocycles. The molecule has 4 N–H and O–H groups in total. The number of para-hydroxylation sites is 1. The summed E-state index contributed by atoms with van der Waals surface area (Å²) in [5, 5.41) is 2.87. The monoisotopic (exact) mass is 283 g/mol. The molecule has 1 amide bonds. The van der Waals surface area contributed by atoms with Gasteiger partial charge >= 0.3 is 0 Å². The number of nitrogens with one attached hydrogen (secondary N) is 2. The zero-order chi connectivity index (χ0) is 13.9. The molecule has 0 heterocycles. The highest BCUT2D eigenvalue weighted by Crippen LogP contribution is 2.42. The molecule has 104 valence electrons. The van der Waals surface area contributed by atoms with Crippen LogP contribution in [0.25, 0.3) is 0 Å². The largest absolute Gasteiger partial charge is 0.351 e. The molecule has 6 heteroatoms. The molecular weight excluding hydrogens is 265 g/mol. The number of rotatable bonds is 5. The first-order valence-corrected chi connectivity index (χ1v) is 7.43. The number of hydrazine groups is 1. The number of carbonyl (C=O) groups excluding carboxylic acids is 1. The number of carbonyl (C=O) groups is 1. The summed E-state index contributed by atoms with van der Waals surface area (Å²) >= 11 is 1.78. The van der Waals surface area contributed by atoms with Gasteiger partial charge in [-0.05, 0) is 31.2 Å². The van der Waals surface area contributed by atoms with Crippen molar-refractivity contribution >= 4 is 23.4 Å². The number of halogens is 1.